The van der Waals surface area contributed by atoms with Gasteiger partial charge < -0.3 is 14.8 Å². The summed E-state index contributed by atoms with van der Waals surface area (Å²) in [6, 6.07) is 6.98. The minimum absolute atomic E-state index is 0.188. The number of esters is 1. The first kappa shape index (κ1) is 20.7. The molecular weight excluding hydrogens is 398 g/mol. The predicted octanol–water partition coefficient (Wildman–Crippen LogP) is 5.11. The van der Waals surface area contributed by atoms with E-state index in [4.69, 9.17) is 21.1 Å². The van der Waals surface area contributed by atoms with Gasteiger partial charge in [-0.2, -0.15) is 0 Å². The van der Waals surface area contributed by atoms with Crippen LogP contribution in [0.1, 0.15) is 47.5 Å². The number of amides is 1. The molecule has 0 bridgehead atoms. The lowest BCUT2D eigenvalue weighted by atomic mass is 9.88. The molecule has 3 rings (SSSR count). The molecule has 1 atom stereocenters. The maximum absolute atomic E-state index is 12.6. The molecule has 1 N–H and O–H groups in total. The summed E-state index contributed by atoms with van der Waals surface area (Å²) in [7, 11) is 0. The fraction of sp³-hybridized carbons (Fsp3) is 0.429. The number of carbonyl (C=O) groups excluding carboxylic acids is 2. The molecule has 0 radical (unpaired) electrons. The molecule has 1 amide bonds. The van der Waals surface area contributed by atoms with Crippen molar-refractivity contribution in [2.45, 2.75) is 39.5 Å². The second-order valence-corrected chi connectivity index (χ2v) is 8.47. The van der Waals surface area contributed by atoms with Gasteiger partial charge in [-0.3, -0.25) is 4.79 Å². The molecule has 28 heavy (non-hydrogen) atoms. The van der Waals surface area contributed by atoms with E-state index in [2.05, 4.69) is 12.2 Å². The van der Waals surface area contributed by atoms with Crippen molar-refractivity contribution in [1.82, 2.24) is 0 Å². The number of thiophene rings is 1. The van der Waals surface area contributed by atoms with E-state index < -0.39 is 0 Å². The molecule has 0 spiro atoms. The Labute approximate surface area is 174 Å². The van der Waals surface area contributed by atoms with Crippen LogP contribution in [0.25, 0.3) is 0 Å². The Hall–Kier alpha value is -2.05. The molecule has 0 aliphatic heterocycles. The number of benzene rings is 1. The standard InChI is InChI=1S/C21H24ClNO4S/c1-3-10-26-21(25)19-14-9-8-13(2)11-17(14)28-20(19)23-18(24)12-27-16-7-5-4-6-15(16)22/h4-7,13H,3,8-12H2,1-2H3,(H,23,24). The van der Waals surface area contributed by atoms with Crippen molar-refractivity contribution in [2.24, 2.45) is 5.92 Å². The number of para-hydroxylation sites is 1. The fourth-order valence-electron chi connectivity index (χ4n) is 3.19. The number of anilines is 1. The first-order valence-corrected chi connectivity index (χ1v) is 10.7. The van der Waals surface area contributed by atoms with Crippen molar-refractivity contribution in [1.29, 1.82) is 0 Å². The van der Waals surface area contributed by atoms with E-state index in [1.165, 1.54) is 11.3 Å². The summed E-state index contributed by atoms with van der Waals surface area (Å²) >= 11 is 7.52. The van der Waals surface area contributed by atoms with E-state index in [9.17, 15) is 9.59 Å². The SMILES string of the molecule is CCCOC(=O)c1c(NC(=O)COc2ccccc2Cl)sc2c1CCC(C)C2. The van der Waals surface area contributed by atoms with Gasteiger partial charge in [-0.1, -0.05) is 37.6 Å². The van der Waals surface area contributed by atoms with Gasteiger partial charge in [0.25, 0.3) is 5.91 Å². The molecule has 1 aromatic carbocycles. The predicted molar refractivity (Wildman–Crippen MR) is 112 cm³/mol. The largest absolute Gasteiger partial charge is 0.482 e. The molecule has 1 heterocycles. The number of nitrogens with one attached hydrogen (secondary N) is 1. The number of fused-ring (bicyclic) bond motifs is 1. The van der Waals surface area contributed by atoms with Crippen molar-refractivity contribution >= 4 is 39.8 Å². The van der Waals surface area contributed by atoms with E-state index in [0.717, 1.165) is 36.1 Å². The molecule has 1 aromatic heterocycles. The first-order chi connectivity index (χ1) is 13.5. The van der Waals surface area contributed by atoms with Gasteiger partial charge in [0, 0.05) is 4.88 Å². The van der Waals surface area contributed by atoms with Crippen LogP contribution in [0.2, 0.25) is 5.02 Å². The van der Waals surface area contributed by atoms with Gasteiger partial charge in [-0.05, 0) is 49.3 Å². The number of hydrogen-bond donors (Lipinski definition) is 1. The Kier molecular flexibility index (Phi) is 6.97. The van der Waals surface area contributed by atoms with Gasteiger partial charge >= 0.3 is 5.97 Å². The van der Waals surface area contributed by atoms with Crippen LogP contribution in [-0.4, -0.2) is 25.1 Å². The summed E-state index contributed by atoms with van der Waals surface area (Å²) in [5.41, 5.74) is 1.53. The van der Waals surface area contributed by atoms with Gasteiger partial charge in [0.1, 0.15) is 10.8 Å². The van der Waals surface area contributed by atoms with Crippen LogP contribution >= 0.6 is 22.9 Å². The van der Waals surface area contributed by atoms with E-state index in [1.54, 1.807) is 24.3 Å². The van der Waals surface area contributed by atoms with Crippen molar-refractivity contribution in [3.8, 4) is 5.75 Å². The van der Waals surface area contributed by atoms with Crippen LogP contribution in [-0.2, 0) is 22.4 Å². The number of hydrogen-bond acceptors (Lipinski definition) is 5. The van der Waals surface area contributed by atoms with Crippen molar-refractivity contribution in [3.05, 3.63) is 45.3 Å². The molecule has 0 fully saturated rings. The molecule has 7 heteroatoms. The third-order valence-electron chi connectivity index (χ3n) is 4.60. The Bertz CT molecular complexity index is 864. The molecule has 0 saturated carbocycles. The van der Waals surface area contributed by atoms with E-state index in [1.807, 2.05) is 6.92 Å². The molecule has 1 aliphatic rings. The Morgan fingerprint density at radius 2 is 2.11 bits per heavy atom. The number of halogens is 1. The average molecular weight is 422 g/mol. The number of carbonyl (C=O) groups is 2. The van der Waals surface area contributed by atoms with Crippen LogP contribution in [0.3, 0.4) is 0 Å². The lowest BCUT2D eigenvalue weighted by Gasteiger charge is -2.18. The van der Waals surface area contributed by atoms with Gasteiger partial charge in [0.2, 0.25) is 0 Å². The smallest absolute Gasteiger partial charge is 0.341 e. The fourth-order valence-corrected chi connectivity index (χ4v) is 4.79. The third-order valence-corrected chi connectivity index (χ3v) is 6.08. The normalized spacial score (nSPS) is 15.6. The lowest BCUT2D eigenvalue weighted by Crippen LogP contribution is -2.21. The maximum atomic E-state index is 12.6. The minimum Gasteiger partial charge on any atom is -0.482 e. The molecule has 2 aromatic rings. The second-order valence-electron chi connectivity index (χ2n) is 6.96. The first-order valence-electron chi connectivity index (χ1n) is 9.48. The molecule has 5 nitrogen and oxygen atoms in total. The summed E-state index contributed by atoms with van der Waals surface area (Å²) < 4.78 is 10.9. The van der Waals surface area contributed by atoms with E-state index >= 15 is 0 Å². The van der Waals surface area contributed by atoms with Gasteiger partial charge in [0.05, 0.1) is 17.2 Å². The average Bonchev–Trinajstić information content (AvgIpc) is 3.02. The summed E-state index contributed by atoms with van der Waals surface area (Å²) in [5.74, 6) is 0.311. The second kappa shape index (κ2) is 9.43. The minimum atomic E-state index is -0.365. The van der Waals surface area contributed by atoms with Crippen LogP contribution < -0.4 is 10.1 Å². The summed E-state index contributed by atoms with van der Waals surface area (Å²) in [4.78, 5) is 26.2. The van der Waals surface area contributed by atoms with Crippen LogP contribution in [0.4, 0.5) is 5.00 Å². The zero-order valence-electron chi connectivity index (χ0n) is 16.0. The van der Waals surface area contributed by atoms with Crippen molar-refractivity contribution in [2.75, 3.05) is 18.5 Å². The molecular formula is C21H24ClNO4S. The molecule has 1 unspecified atom stereocenters. The summed E-state index contributed by atoms with van der Waals surface area (Å²) in [5, 5.41) is 3.83. The van der Waals surface area contributed by atoms with Crippen LogP contribution in [0, 0.1) is 5.92 Å². The summed E-state index contributed by atoms with van der Waals surface area (Å²) in [6.07, 6.45) is 3.53. The Morgan fingerprint density at radius 3 is 2.86 bits per heavy atom. The topological polar surface area (TPSA) is 64.6 Å². The summed E-state index contributed by atoms with van der Waals surface area (Å²) in [6.45, 7) is 4.33. The highest BCUT2D eigenvalue weighted by Gasteiger charge is 2.29. The van der Waals surface area contributed by atoms with E-state index in [0.29, 0.717) is 33.9 Å². The highest BCUT2D eigenvalue weighted by Crippen LogP contribution is 2.40. The zero-order valence-corrected chi connectivity index (χ0v) is 17.6. The Morgan fingerprint density at radius 1 is 1.32 bits per heavy atom. The van der Waals surface area contributed by atoms with E-state index in [-0.39, 0.29) is 18.5 Å². The van der Waals surface area contributed by atoms with Crippen molar-refractivity contribution < 1.29 is 19.1 Å². The molecule has 0 saturated heterocycles. The van der Waals surface area contributed by atoms with Gasteiger partial charge in [-0.15, -0.1) is 11.3 Å². The van der Waals surface area contributed by atoms with Crippen LogP contribution in [0.15, 0.2) is 24.3 Å². The van der Waals surface area contributed by atoms with Crippen molar-refractivity contribution in [3.63, 3.8) is 0 Å². The Balaban J connectivity index is 1.75. The number of rotatable bonds is 7. The van der Waals surface area contributed by atoms with Gasteiger partial charge in [-0.25, -0.2) is 4.79 Å². The highest BCUT2D eigenvalue weighted by molar-refractivity contribution is 7.17. The van der Waals surface area contributed by atoms with Crippen LogP contribution in [0.5, 0.6) is 5.75 Å². The third kappa shape index (κ3) is 4.86. The molecule has 1 aliphatic carbocycles. The maximum Gasteiger partial charge on any atom is 0.341 e. The monoisotopic (exact) mass is 421 g/mol. The zero-order chi connectivity index (χ0) is 20.1. The van der Waals surface area contributed by atoms with Gasteiger partial charge in [0.15, 0.2) is 6.61 Å². The highest BCUT2D eigenvalue weighted by atomic mass is 35.5. The quantitative estimate of drug-likeness (QED) is 0.631. The molecule has 150 valence electrons. The lowest BCUT2D eigenvalue weighted by molar-refractivity contribution is -0.118. The number of ether oxygens (including phenoxy) is 2.